The van der Waals surface area contributed by atoms with E-state index in [1.807, 2.05) is 35.2 Å². The number of rotatable bonds is 3. The number of hydrogen-bond donors (Lipinski definition) is 0. The van der Waals surface area contributed by atoms with E-state index in [4.69, 9.17) is 0 Å². The highest BCUT2D eigenvalue weighted by molar-refractivity contribution is 5.82. The van der Waals surface area contributed by atoms with Crippen LogP contribution in [0.4, 0.5) is 0 Å². The monoisotopic (exact) mass is 337 g/mol. The highest BCUT2D eigenvalue weighted by Gasteiger charge is 2.35. The van der Waals surface area contributed by atoms with Crippen LogP contribution in [0.5, 0.6) is 0 Å². The highest BCUT2D eigenvalue weighted by atomic mass is 16.2. The van der Waals surface area contributed by atoms with Gasteiger partial charge in [0.25, 0.3) is 0 Å². The normalized spacial score (nSPS) is 19.5. The van der Waals surface area contributed by atoms with Gasteiger partial charge in [-0.15, -0.1) is 0 Å². The van der Waals surface area contributed by atoms with Gasteiger partial charge in [-0.1, -0.05) is 24.3 Å². The van der Waals surface area contributed by atoms with Crippen LogP contribution in [-0.2, 0) is 9.59 Å². The minimum atomic E-state index is -0.253. The van der Waals surface area contributed by atoms with Gasteiger partial charge in [-0.3, -0.25) is 9.59 Å². The van der Waals surface area contributed by atoms with Crippen molar-refractivity contribution in [1.82, 2.24) is 24.6 Å². The molecular formula is C18H19N5O2. The number of aromatic nitrogens is 3. The molecule has 7 heteroatoms. The van der Waals surface area contributed by atoms with E-state index in [9.17, 15) is 9.59 Å². The Labute approximate surface area is 145 Å². The summed E-state index contributed by atoms with van der Waals surface area (Å²) < 4.78 is 1.78. The van der Waals surface area contributed by atoms with Crippen LogP contribution in [0.25, 0.3) is 6.08 Å². The third-order valence-electron chi connectivity index (χ3n) is 4.86. The second-order valence-corrected chi connectivity index (χ2v) is 6.42. The molecule has 3 heterocycles. The summed E-state index contributed by atoms with van der Waals surface area (Å²) in [5.41, 5.74) is 2.07. The third kappa shape index (κ3) is 2.82. The molecule has 2 aromatic rings. The van der Waals surface area contributed by atoms with Crippen molar-refractivity contribution >= 4 is 17.9 Å². The third-order valence-corrected chi connectivity index (χ3v) is 4.86. The van der Waals surface area contributed by atoms with Gasteiger partial charge in [-0.2, -0.15) is 5.10 Å². The highest BCUT2D eigenvalue weighted by Crippen LogP contribution is 2.34. The van der Waals surface area contributed by atoms with E-state index < -0.39 is 0 Å². The molecular weight excluding hydrogens is 318 g/mol. The zero-order valence-corrected chi connectivity index (χ0v) is 13.9. The predicted octanol–water partition coefficient (Wildman–Crippen LogP) is 1.63. The standard InChI is InChI=1S/C18H19N5O2/c1-13(24)22-7-6-14-4-2-3-5-16(14)17(22)8-18(25)21-9-15(10-21)23-12-19-11-20-23/h2-7,11-12,15,17H,8-10H2,1H3. The predicted molar refractivity (Wildman–Crippen MR) is 91.0 cm³/mol. The lowest BCUT2D eigenvalue weighted by molar-refractivity contribution is -0.139. The van der Waals surface area contributed by atoms with E-state index in [2.05, 4.69) is 10.1 Å². The van der Waals surface area contributed by atoms with Crippen LogP contribution in [-0.4, -0.2) is 49.5 Å². The lowest BCUT2D eigenvalue weighted by Crippen LogP contribution is -2.51. The minimum Gasteiger partial charge on any atom is -0.338 e. The van der Waals surface area contributed by atoms with Gasteiger partial charge >= 0.3 is 0 Å². The quantitative estimate of drug-likeness (QED) is 0.853. The van der Waals surface area contributed by atoms with E-state index >= 15 is 0 Å². The maximum Gasteiger partial charge on any atom is 0.225 e. The van der Waals surface area contributed by atoms with Gasteiger partial charge in [0.05, 0.1) is 18.5 Å². The molecule has 0 bridgehead atoms. The van der Waals surface area contributed by atoms with Gasteiger partial charge in [0.2, 0.25) is 11.8 Å². The molecule has 2 amide bonds. The first-order valence-electron chi connectivity index (χ1n) is 8.31. The Morgan fingerprint density at radius 1 is 1.24 bits per heavy atom. The average molecular weight is 337 g/mol. The molecule has 7 nitrogen and oxygen atoms in total. The summed E-state index contributed by atoms with van der Waals surface area (Å²) in [7, 11) is 0. The number of nitrogens with zero attached hydrogens (tertiary/aromatic N) is 5. The Morgan fingerprint density at radius 3 is 2.76 bits per heavy atom. The second kappa shape index (κ2) is 6.16. The second-order valence-electron chi connectivity index (χ2n) is 6.42. The molecule has 0 aliphatic carbocycles. The number of fused-ring (bicyclic) bond motifs is 1. The molecule has 0 spiro atoms. The number of benzene rings is 1. The van der Waals surface area contributed by atoms with E-state index in [0.29, 0.717) is 13.1 Å². The van der Waals surface area contributed by atoms with Gasteiger partial charge < -0.3 is 9.80 Å². The SMILES string of the molecule is CC(=O)N1C=Cc2ccccc2C1CC(=O)N1CC(n2cncn2)C1. The van der Waals surface area contributed by atoms with Crippen molar-refractivity contribution in [2.45, 2.75) is 25.4 Å². The maximum atomic E-state index is 12.7. The molecule has 1 aromatic carbocycles. The fourth-order valence-corrected chi connectivity index (χ4v) is 3.44. The molecule has 1 saturated heterocycles. The van der Waals surface area contributed by atoms with Crippen molar-refractivity contribution in [3.05, 3.63) is 54.2 Å². The Hall–Kier alpha value is -2.96. The molecule has 2 aliphatic rings. The molecule has 1 aromatic heterocycles. The lowest BCUT2D eigenvalue weighted by atomic mass is 9.93. The largest absolute Gasteiger partial charge is 0.338 e. The van der Waals surface area contributed by atoms with Crippen LogP contribution in [0.2, 0.25) is 0 Å². The van der Waals surface area contributed by atoms with Crippen molar-refractivity contribution in [3.8, 4) is 0 Å². The van der Waals surface area contributed by atoms with Crippen LogP contribution in [0.1, 0.15) is 36.6 Å². The average Bonchev–Trinajstić information content (AvgIpc) is 3.07. The molecule has 0 N–H and O–H groups in total. The maximum absolute atomic E-state index is 12.7. The first-order valence-corrected chi connectivity index (χ1v) is 8.31. The topological polar surface area (TPSA) is 71.3 Å². The Kier molecular flexibility index (Phi) is 3.83. The van der Waals surface area contributed by atoms with E-state index in [0.717, 1.165) is 11.1 Å². The molecule has 1 unspecified atom stereocenters. The van der Waals surface area contributed by atoms with Crippen molar-refractivity contribution in [2.24, 2.45) is 0 Å². The first-order chi connectivity index (χ1) is 12.1. The fourth-order valence-electron chi connectivity index (χ4n) is 3.44. The van der Waals surface area contributed by atoms with E-state index in [1.165, 1.54) is 13.3 Å². The number of likely N-dealkylation sites (tertiary alicyclic amines) is 1. The summed E-state index contributed by atoms with van der Waals surface area (Å²) >= 11 is 0. The number of carbonyl (C=O) groups excluding carboxylic acids is 2. The summed E-state index contributed by atoms with van der Waals surface area (Å²) in [6, 6.07) is 7.83. The van der Waals surface area contributed by atoms with Gasteiger partial charge in [0.1, 0.15) is 12.7 Å². The van der Waals surface area contributed by atoms with Crippen LogP contribution >= 0.6 is 0 Å². The van der Waals surface area contributed by atoms with Crippen molar-refractivity contribution in [1.29, 1.82) is 0 Å². The van der Waals surface area contributed by atoms with Gasteiger partial charge in [-0.05, 0) is 17.2 Å². The van der Waals surface area contributed by atoms with Crippen LogP contribution in [0, 0.1) is 0 Å². The molecule has 0 saturated carbocycles. The Bertz CT molecular complexity index is 824. The summed E-state index contributed by atoms with van der Waals surface area (Å²) in [4.78, 5) is 32.1. The first kappa shape index (κ1) is 15.6. The number of hydrogen-bond acceptors (Lipinski definition) is 4. The number of carbonyl (C=O) groups is 2. The molecule has 1 atom stereocenters. The summed E-state index contributed by atoms with van der Waals surface area (Å²) in [6.45, 7) is 2.79. The minimum absolute atomic E-state index is 0.0534. The number of amides is 2. The van der Waals surface area contributed by atoms with Crippen molar-refractivity contribution in [3.63, 3.8) is 0 Å². The molecule has 4 rings (SSSR count). The Balaban J connectivity index is 1.48. The van der Waals surface area contributed by atoms with Crippen LogP contribution in [0.3, 0.4) is 0 Å². The summed E-state index contributed by atoms with van der Waals surface area (Å²) in [6.07, 6.45) is 7.15. The Morgan fingerprint density at radius 2 is 2.04 bits per heavy atom. The van der Waals surface area contributed by atoms with Gasteiger partial charge in [0, 0.05) is 26.2 Å². The summed E-state index contributed by atoms with van der Waals surface area (Å²) in [5, 5.41) is 4.12. The molecule has 25 heavy (non-hydrogen) atoms. The van der Waals surface area contributed by atoms with E-state index in [-0.39, 0.29) is 30.3 Å². The molecule has 2 aliphatic heterocycles. The van der Waals surface area contributed by atoms with Gasteiger partial charge in [0.15, 0.2) is 0 Å². The van der Waals surface area contributed by atoms with Crippen LogP contribution in [0.15, 0.2) is 43.1 Å². The van der Waals surface area contributed by atoms with Crippen LogP contribution < -0.4 is 0 Å². The molecule has 1 fully saturated rings. The fraction of sp³-hybridized carbons (Fsp3) is 0.333. The molecule has 0 radical (unpaired) electrons. The lowest BCUT2D eigenvalue weighted by Gasteiger charge is -2.40. The smallest absolute Gasteiger partial charge is 0.225 e. The van der Waals surface area contributed by atoms with Crippen molar-refractivity contribution < 1.29 is 9.59 Å². The summed E-state index contributed by atoms with van der Waals surface area (Å²) in [5.74, 6) is -0.00891. The zero-order chi connectivity index (χ0) is 17.4. The molecule has 128 valence electrons. The van der Waals surface area contributed by atoms with Gasteiger partial charge in [-0.25, -0.2) is 9.67 Å². The van der Waals surface area contributed by atoms with Crippen molar-refractivity contribution in [2.75, 3.05) is 13.1 Å². The van der Waals surface area contributed by atoms with E-state index in [1.54, 1.807) is 22.1 Å². The zero-order valence-electron chi connectivity index (χ0n) is 13.9.